The lowest BCUT2D eigenvalue weighted by molar-refractivity contribution is -0.123. The number of rotatable bonds is 22. The standard InChI is InChI=1S/C28H51NO3/c1-3-5-7-9-10-11-12-13-14-15-16-17-18-20-22-24-28(32)29-26(25-30)27(31)23-21-19-8-6-4-2/h10-11,13-14,21,23,26-27,30-31H,3-9,12,15-20,22,24-25H2,1-2H3,(H,29,32)/b11-10-,14-13-,23-21+. The highest BCUT2D eigenvalue weighted by Gasteiger charge is 2.17. The maximum atomic E-state index is 12.1. The summed E-state index contributed by atoms with van der Waals surface area (Å²) in [5.74, 6) is -0.0897. The van der Waals surface area contributed by atoms with Crippen molar-refractivity contribution in [2.24, 2.45) is 0 Å². The molecule has 0 radical (unpaired) electrons. The zero-order valence-electron chi connectivity index (χ0n) is 20.9. The van der Waals surface area contributed by atoms with E-state index in [9.17, 15) is 15.0 Å². The van der Waals surface area contributed by atoms with Crippen LogP contribution in [0.5, 0.6) is 0 Å². The van der Waals surface area contributed by atoms with Crippen LogP contribution in [0.1, 0.15) is 117 Å². The van der Waals surface area contributed by atoms with Crippen molar-refractivity contribution in [1.82, 2.24) is 5.32 Å². The number of amides is 1. The van der Waals surface area contributed by atoms with Crippen molar-refractivity contribution in [3.05, 3.63) is 36.5 Å². The van der Waals surface area contributed by atoms with Crippen LogP contribution < -0.4 is 5.32 Å². The van der Waals surface area contributed by atoms with Crippen LogP contribution in [0.15, 0.2) is 36.5 Å². The lowest BCUT2D eigenvalue weighted by Gasteiger charge is -2.19. The first kappa shape index (κ1) is 30.6. The van der Waals surface area contributed by atoms with E-state index in [0.29, 0.717) is 6.42 Å². The molecule has 4 heteroatoms. The number of allylic oxidation sites excluding steroid dienone is 5. The predicted molar refractivity (Wildman–Crippen MR) is 138 cm³/mol. The van der Waals surface area contributed by atoms with E-state index in [-0.39, 0.29) is 12.5 Å². The topological polar surface area (TPSA) is 69.6 Å². The van der Waals surface area contributed by atoms with E-state index in [1.807, 2.05) is 6.08 Å². The van der Waals surface area contributed by atoms with Crippen LogP contribution in [0.2, 0.25) is 0 Å². The molecule has 0 bridgehead atoms. The first-order valence-electron chi connectivity index (χ1n) is 13.2. The Morgan fingerprint density at radius 3 is 1.88 bits per heavy atom. The molecule has 0 saturated carbocycles. The van der Waals surface area contributed by atoms with Crippen molar-refractivity contribution in [2.75, 3.05) is 6.61 Å². The van der Waals surface area contributed by atoms with Gasteiger partial charge in [-0.25, -0.2) is 0 Å². The van der Waals surface area contributed by atoms with Gasteiger partial charge in [-0.15, -0.1) is 0 Å². The Balaban J connectivity index is 3.69. The van der Waals surface area contributed by atoms with Crippen molar-refractivity contribution >= 4 is 5.91 Å². The Morgan fingerprint density at radius 1 is 0.750 bits per heavy atom. The largest absolute Gasteiger partial charge is 0.394 e. The lowest BCUT2D eigenvalue weighted by Crippen LogP contribution is -2.45. The Labute approximate surface area is 198 Å². The van der Waals surface area contributed by atoms with E-state index >= 15 is 0 Å². The summed E-state index contributed by atoms with van der Waals surface area (Å²) in [6.45, 7) is 4.14. The van der Waals surface area contributed by atoms with Gasteiger partial charge >= 0.3 is 0 Å². The van der Waals surface area contributed by atoms with E-state index in [0.717, 1.165) is 44.9 Å². The minimum atomic E-state index is -0.838. The molecule has 186 valence electrons. The molecule has 3 N–H and O–H groups in total. The van der Waals surface area contributed by atoms with Crippen molar-refractivity contribution < 1.29 is 15.0 Å². The van der Waals surface area contributed by atoms with Gasteiger partial charge < -0.3 is 15.5 Å². The van der Waals surface area contributed by atoms with Gasteiger partial charge in [-0.05, 0) is 51.4 Å². The minimum Gasteiger partial charge on any atom is -0.394 e. The van der Waals surface area contributed by atoms with Crippen LogP contribution in [-0.4, -0.2) is 34.9 Å². The van der Waals surface area contributed by atoms with Crippen LogP contribution >= 0.6 is 0 Å². The monoisotopic (exact) mass is 449 g/mol. The summed E-state index contributed by atoms with van der Waals surface area (Å²) in [4.78, 5) is 12.1. The fourth-order valence-electron chi connectivity index (χ4n) is 3.50. The Morgan fingerprint density at radius 2 is 1.28 bits per heavy atom. The van der Waals surface area contributed by atoms with Gasteiger partial charge in [0, 0.05) is 6.42 Å². The number of nitrogens with one attached hydrogen (secondary N) is 1. The van der Waals surface area contributed by atoms with E-state index in [2.05, 4.69) is 43.5 Å². The number of unbranched alkanes of at least 4 members (excludes halogenated alkanes) is 11. The molecule has 0 aliphatic rings. The van der Waals surface area contributed by atoms with Crippen molar-refractivity contribution in [3.63, 3.8) is 0 Å². The first-order chi connectivity index (χ1) is 15.7. The highest BCUT2D eigenvalue weighted by Crippen LogP contribution is 2.09. The second kappa shape index (κ2) is 24.3. The smallest absolute Gasteiger partial charge is 0.220 e. The van der Waals surface area contributed by atoms with Gasteiger partial charge in [0.15, 0.2) is 0 Å². The molecule has 2 unspecified atom stereocenters. The highest BCUT2D eigenvalue weighted by atomic mass is 16.3. The zero-order chi connectivity index (χ0) is 23.7. The average Bonchev–Trinajstić information content (AvgIpc) is 2.79. The quantitative estimate of drug-likeness (QED) is 0.126. The maximum absolute atomic E-state index is 12.1. The molecule has 0 aliphatic carbocycles. The van der Waals surface area contributed by atoms with Gasteiger partial charge in [0.25, 0.3) is 0 Å². The number of carbonyl (C=O) groups is 1. The van der Waals surface area contributed by atoms with E-state index in [1.165, 1.54) is 51.4 Å². The molecule has 0 aromatic carbocycles. The average molecular weight is 450 g/mol. The Bertz CT molecular complexity index is 499. The SMILES string of the molecule is CCCCC/C=C\C/C=C\CCCCCCCC(=O)NC(CO)C(O)/C=C/CCCCC. The molecule has 0 rings (SSSR count). The molecule has 0 aromatic heterocycles. The van der Waals surface area contributed by atoms with Crippen LogP contribution in [0.4, 0.5) is 0 Å². The molecule has 2 atom stereocenters. The first-order valence-corrected chi connectivity index (χ1v) is 13.2. The van der Waals surface area contributed by atoms with Crippen LogP contribution in [0.25, 0.3) is 0 Å². The molecule has 0 heterocycles. The van der Waals surface area contributed by atoms with Gasteiger partial charge in [-0.3, -0.25) is 4.79 Å². The van der Waals surface area contributed by atoms with E-state index < -0.39 is 12.1 Å². The zero-order valence-corrected chi connectivity index (χ0v) is 20.9. The van der Waals surface area contributed by atoms with Gasteiger partial charge in [0.2, 0.25) is 5.91 Å². The molecule has 32 heavy (non-hydrogen) atoms. The number of carbonyl (C=O) groups excluding carboxylic acids is 1. The van der Waals surface area contributed by atoms with E-state index in [1.54, 1.807) is 6.08 Å². The maximum Gasteiger partial charge on any atom is 0.220 e. The van der Waals surface area contributed by atoms with Crippen molar-refractivity contribution in [2.45, 2.75) is 129 Å². The second-order valence-corrected chi connectivity index (χ2v) is 8.75. The summed E-state index contributed by atoms with van der Waals surface area (Å²) in [6, 6.07) is -0.622. The van der Waals surface area contributed by atoms with Crippen molar-refractivity contribution in [3.8, 4) is 0 Å². The second-order valence-electron chi connectivity index (χ2n) is 8.75. The summed E-state index contributed by atoms with van der Waals surface area (Å²) in [5.41, 5.74) is 0. The van der Waals surface area contributed by atoms with Crippen molar-refractivity contribution in [1.29, 1.82) is 0 Å². The summed E-state index contributed by atoms with van der Waals surface area (Å²) >= 11 is 0. The van der Waals surface area contributed by atoms with Crippen LogP contribution in [0.3, 0.4) is 0 Å². The van der Waals surface area contributed by atoms with Gasteiger partial charge in [-0.2, -0.15) is 0 Å². The fourth-order valence-corrected chi connectivity index (χ4v) is 3.50. The summed E-state index contributed by atoms with van der Waals surface area (Å²) in [6.07, 6.45) is 29.4. The summed E-state index contributed by atoms with van der Waals surface area (Å²) in [5, 5.41) is 22.4. The molecule has 0 saturated heterocycles. The van der Waals surface area contributed by atoms with Crippen LogP contribution in [-0.2, 0) is 4.79 Å². The normalized spacial score (nSPS) is 14.0. The highest BCUT2D eigenvalue weighted by molar-refractivity contribution is 5.76. The lowest BCUT2D eigenvalue weighted by atomic mass is 10.1. The molecular weight excluding hydrogens is 398 g/mol. The number of hydrogen-bond acceptors (Lipinski definition) is 3. The molecule has 0 aromatic rings. The number of aliphatic hydroxyl groups is 2. The molecular formula is C28H51NO3. The number of hydrogen-bond donors (Lipinski definition) is 3. The van der Waals surface area contributed by atoms with Gasteiger partial charge in [-0.1, -0.05) is 95.2 Å². The summed E-state index contributed by atoms with van der Waals surface area (Å²) < 4.78 is 0. The van der Waals surface area contributed by atoms with Gasteiger partial charge in [0.05, 0.1) is 18.8 Å². The third-order valence-corrected chi connectivity index (χ3v) is 5.62. The Kier molecular flexibility index (Phi) is 23.2. The Hall–Kier alpha value is -1.39. The third kappa shape index (κ3) is 20.5. The summed E-state index contributed by atoms with van der Waals surface area (Å²) in [7, 11) is 0. The minimum absolute atomic E-state index is 0.0897. The molecule has 0 aliphatic heterocycles. The third-order valence-electron chi connectivity index (χ3n) is 5.62. The number of aliphatic hydroxyl groups excluding tert-OH is 2. The van der Waals surface area contributed by atoms with Crippen LogP contribution in [0, 0.1) is 0 Å². The van der Waals surface area contributed by atoms with E-state index in [4.69, 9.17) is 0 Å². The molecule has 0 spiro atoms. The molecule has 1 amide bonds. The fraction of sp³-hybridized carbons (Fsp3) is 0.750. The predicted octanol–water partition coefficient (Wildman–Crippen LogP) is 6.77. The molecule has 4 nitrogen and oxygen atoms in total. The van der Waals surface area contributed by atoms with Gasteiger partial charge in [0.1, 0.15) is 0 Å². The molecule has 0 fully saturated rings.